The molecule has 9 heteroatoms. The number of nitrogens with one attached hydrogen (secondary N) is 2. The predicted molar refractivity (Wildman–Crippen MR) is 108 cm³/mol. The van der Waals surface area contributed by atoms with Crippen molar-refractivity contribution in [3.63, 3.8) is 0 Å². The molecule has 1 aromatic heterocycles. The van der Waals surface area contributed by atoms with Crippen molar-refractivity contribution in [3.05, 3.63) is 58.0 Å². The molecular formula is C20H23FN4O3S. The van der Waals surface area contributed by atoms with Crippen LogP contribution in [0.2, 0.25) is 0 Å². The van der Waals surface area contributed by atoms with Gasteiger partial charge in [-0.15, -0.1) is 11.3 Å². The Morgan fingerprint density at radius 3 is 2.52 bits per heavy atom. The van der Waals surface area contributed by atoms with Gasteiger partial charge in [-0.25, -0.2) is 9.18 Å². The first-order valence-electron chi connectivity index (χ1n) is 9.36. The van der Waals surface area contributed by atoms with E-state index in [2.05, 4.69) is 10.6 Å². The highest BCUT2D eigenvalue weighted by molar-refractivity contribution is 7.10. The van der Waals surface area contributed by atoms with Gasteiger partial charge in [0.15, 0.2) is 0 Å². The van der Waals surface area contributed by atoms with Gasteiger partial charge < -0.3 is 21.3 Å². The topological polar surface area (TPSA) is 105 Å². The van der Waals surface area contributed by atoms with Gasteiger partial charge in [-0.1, -0.05) is 18.2 Å². The molecule has 1 atom stereocenters. The van der Waals surface area contributed by atoms with Gasteiger partial charge in [-0.3, -0.25) is 9.59 Å². The van der Waals surface area contributed by atoms with Gasteiger partial charge in [0, 0.05) is 24.0 Å². The molecule has 1 fully saturated rings. The van der Waals surface area contributed by atoms with Crippen LogP contribution in [0.1, 0.15) is 40.5 Å². The molecule has 1 saturated heterocycles. The van der Waals surface area contributed by atoms with Crippen molar-refractivity contribution >= 4 is 29.2 Å². The number of carbonyl (C=O) groups is 3. The number of carbonyl (C=O) groups excluding carboxylic acids is 3. The van der Waals surface area contributed by atoms with E-state index in [9.17, 15) is 18.8 Å². The summed E-state index contributed by atoms with van der Waals surface area (Å²) < 4.78 is 13.8. The molecule has 1 unspecified atom stereocenters. The number of thiophene rings is 1. The summed E-state index contributed by atoms with van der Waals surface area (Å²) in [6.45, 7) is 0.873. The van der Waals surface area contributed by atoms with Crippen LogP contribution >= 0.6 is 11.3 Å². The zero-order valence-corrected chi connectivity index (χ0v) is 16.6. The molecular weight excluding hydrogens is 395 g/mol. The number of nitrogens with zero attached hydrogens (tertiary/aromatic N) is 1. The number of likely N-dealkylation sites (tertiary alicyclic amines) is 1. The molecule has 1 aromatic carbocycles. The Balaban J connectivity index is 1.51. The summed E-state index contributed by atoms with van der Waals surface area (Å²) in [5, 5.41) is 7.42. The van der Waals surface area contributed by atoms with E-state index in [1.165, 1.54) is 23.5 Å². The number of rotatable bonds is 6. The Kier molecular flexibility index (Phi) is 6.82. The van der Waals surface area contributed by atoms with Crippen molar-refractivity contribution in [2.75, 3.05) is 13.1 Å². The van der Waals surface area contributed by atoms with Gasteiger partial charge >= 0.3 is 6.03 Å². The Morgan fingerprint density at radius 1 is 1.17 bits per heavy atom. The highest BCUT2D eigenvalue weighted by Gasteiger charge is 2.27. The molecule has 4 N–H and O–H groups in total. The van der Waals surface area contributed by atoms with Gasteiger partial charge in [0.2, 0.25) is 5.91 Å². The van der Waals surface area contributed by atoms with Gasteiger partial charge in [-0.05, 0) is 36.4 Å². The average Bonchev–Trinajstić information content (AvgIpc) is 3.22. The lowest BCUT2D eigenvalue weighted by atomic mass is 10.0. The summed E-state index contributed by atoms with van der Waals surface area (Å²) >= 11 is 1.44. The highest BCUT2D eigenvalue weighted by Crippen LogP contribution is 2.22. The minimum atomic E-state index is -0.684. The summed E-state index contributed by atoms with van der Waals surface area (Å²) in [7, 11) is 0. The number of urea groups is 1. The summed E-state index contributed by atoms with van der Waals surface area (Å²) in [6, 6.07) is 8.36. The Morgan fingerprint density at radius 2 is 1.90 bits per heavy atom. The average molecular weight is 418 g/mol. The highest BCUT2D eigenvalue weighted by atomic mass is 32.1. The first kappa shape index (κ1) is 20.8. The number of primary amides is 1. The second-order valence-electron chi connectivity index (χ2n) is 6.89. The van der Waals surface area contributed by atoms with E-state index in [1.54, 1.807) is 17.0 Å². The van der Waals surface area contributed by atoms with Crippen molar-refractivity contribution in [1.29, 1.82) is 0 Å². The van der Waals surface area contributed by atoms with Crippen LogP contribution in [0, 0.1) is 5.82 Å². The van der Waals surface area contributed by atoms with Crippen molar-refractivity contribution in [2.24, 2.45) is 5.73 Å². The normalized spacial score (nSPS) is 15.6. The molecule has 0 bridgehead atoms. The summed E-state index contributed by atoms with van der Waals surface area (Å²) in [5.74, 6) is -1.07. The Labute approximate surface area is 172 Å². The van der Waals surface area contributed by atoms with Gasteiger partial charge in [0.25, 0.3) is 5.91 Å². The number of piperidine rings is 1. The zero-order chi connectivity index (χ0) is 20.8. The molecule has 0 aliphatic carbocycles. The molecule has 7 nitrogen and oxygen atoms in total. The second-order valence-corrected chi connectivity index (χ2v) is 7.87. The van der Waals surface area contributed by atoms with Crippen LogP contribution in [0.5, 0.6) is 0 Å². The molecule has 154 valence electrons. The summed E-state index contributed by atoms with van der Waals surface area (Å²) in [4.78, 5) is 38.6. The third kappa shape index (κ3) is 5.54. The van der Waals surface area contributed by atoms with E-state index in [-0.39, 0.29) is 29.8 Å². The van der Waals surface area contributed by atoms with Gasteiger partial charge in [-0.2, -0.15) is 0 Å². The third-order valence-corrected chi connectivity index (χ3v) is 5.83. The fourth-order valence-corrected chi connectivity index (χ4v) is 4.17. The van der Waals surface area contributed by atoms with Crippen LogP contribution in [0.3, 0.4) is 0 Å². The molecule has 3 rings (SSSR count). The lowest BCUT2D eigenvalue weighted by molar-refractivity contribution is -0.122. The van der Waals surface area contributed by atoms with E-state index >= 15 is 0 Å². The molecule has 0 saturated carbocycles. The van der Waals surface area contributed by atoms with Gasteiger partial charge in [0.1, 0.15) is 5.82 Å². The smallest absolute Gasteiger partial charge is 0.312 e. The first-order chi connectivity index (χ1) is 13.9. The quantitative estimate of drug-likeness (QED) is 0.671. The van der Waals surface area contributed by atoms with Crippen LogP contribution in [0.4, 0.5) is 9.18 Å². The van der Waals surface area contributed by atoms with Crippen LogP contribution in [0.15, 0.2) is 41.8 Å². The molecule has 0 spiro atoms. The standard InChI is InChI=1S/C20H23FN4O3S/c21-15-5-2-1-4-14(15)19(27)25-9-7-13(8-10-25)23-18(26)12-16(24-20(22)28)17-6-3-11-29-17/h1-6,11,13,16H,7-10,12H2,(H,23,26)(H3,22,24,28). The molecule has 1 aliphatic heterocycles. The van der Waals surface area contributed by atoms with Gasteiger partial charge in [0.05, 0.1) is 18.0 Å². The number of benzene rings is 1. The van der Waals surface area contributed by atoms with Crippen LogP contribution in [-0.4, -0.2) is 41.9 Å². The molecule has 1 aliphatic rings. The first-order valence-corrected chi connectivity index (χ1v) is 10.2. The fourth-order valence-electron chi connectivity index (χ4n) is 3.39. The van der Waals surface area contributed by atoms with E-state index < -0.39 is 17.9 Å². The van der Waals surface area contributed by atoms with Crippen molar-refractivity contribution in [2.45, 2.75) is 31.3 Å². The number of halogens is 1. The zero-order valence-electron chi connectivity index (χ0n) is 15.8. The lowest BCUT2D eigenvalue weighted by Crippen LogP contribution is -2.47. The van der Waals surface area contributed by atoms with Crippen LogP contribution in [-0.2, 0) is 4.79 Å². The molecule has 2 aromatic rings. The maximum atomic E-state index is 13.8. The third-order valence-electron chi connectivity index (χ3n) is 4.84. The lowest BCUT2D eigenvalue weighted by Gasteiger charge is -2.32. The maximum Gasteiger partial charge on any atom is 0.312 e. The number of hydrogen-bond donors (Lipinski definition) is 3. The minimum absolute atomic E-state index is 0.0614. The molecule has 4 amide bonds. The van der Waals surface area contributed by atoms with E-state index in [0.717, 1.165) is 4.88 Å². The number of hydrogen-bond acceptors (Lipinski definition) is 4. The monoisotopic (exact) mass is 418 g/mol. The number of nitrogens with two attached hydrogens (primary N) is 1. The summed E-state index contributed by atoms with van der Waals surface area (Å²) in [6.07, 6.45) is 1.25. The van der Waals surface area contributed by atoms with Crippen molar-refractivity contribution < 1.29 is 18.8 Å². The van der Waals surface area contributed by atoms with Crippen LogP contribution in [0.25, 0.3) is 0 Å². The van der Waals surface area contributed by atoms with Crippen molar-refractivity contribution in [3.8, 4) is 0 Å². The van der Waals surface area contributed by atoms with Crippen molar-refractivity contribution in [1.82, 2.24) is 15.5 Å². The molecule has 0 radical (unpaired) electrons. The molecule has 29 heavy (non-hydrogen) atoms. The molecule has 2 heterocycles. The van der Waals surface area contributed by atoms with E-state index in [0.29, 0.717) is 25.9 Å². The predicted octanol–water partition coefficient (Wildman–Crippen LogP) is 2.41. The fraction of sp³-hybridized carbons (Fsp3) is 0.350. The number of amides is 4. The van der Waals surface area contributed by atoms with Crippen LogP contribution < -0.4 is 16.4 Å². The Bertz CT molecular complexity index is 866. The Hall–Kier alpha value is -2.94. The maximum absolute atomic E-state index is 13.8. The summed E-state index contributed by atoms with van der Waals surface area (Å²) in [5.41, 5.74) is 5.28. The van der Waals surface area contributed by atoms with E-state index in [4.69, 9.17) is 5.73 Å². The largest absolute Gasteiger partial charge is 0.353 e. The SMILES string of the molecule is NC(=O)NC(CC(=O)NC1CCN(C(=O)c2ccccc2F)CC1)c1cccs1. The van der Waals surface area contributed by atoms with E-state index in [1.807, 2.05) is 17.5 Å². The second kappa shape index (κ2) is 9.51. The minimum Gasteiger partial charge on any atom is -0.353 e.